The summed E-state index contributed by atoms with van der Waals surface area (Å²) in [4.78, 5) is 0. The summed E-state index contributed by atoms with van der Waals surface area (Å²) < 4.78 is 4.96. The molecule has 0 unspecified atom stereocenters. The van der Waals surface area contributed by atoms with E-state index in [1.165, 1.54) is 64.4 Å². The first-order valence-corrected chi connectivity index (χ1v) is 20.1. The number of nitrogens with zero attached hydrogens (tertiary/aromatic N) is 2. The van der Waals surface area contributed by atoms with Crippen LogP contribution in [-0.4, -0.2) is 17.2 Å². The molecule has 51 heavy (non-hydrogen) atoms. The van der Waals surface area contributed by atoms with Gasteiger partial charge in [-0.25, -0.2) is 0 Å². The zero-order chi connectivity index (χ0) is 33.8. The van der Waals surface area contributed by atoms with Crippen LogP contribution in [0.15, 0.2) is 206 Å². The van der Waals surface area contributed by atoms with Crippen LogP contribution in [0.25, 0.3) is 55.0 Å². The molecular formula is C48H35N2Si-. The zero-order valence-electron chi connectivity index (χ0n) is 28.1. The van der Waals surface area contributed by atoms with Gasteiger partial charge in [0.05, 0.1) is 0 Å². The average Bonchev–Trinajstić information content (AvgIpc) is 3.73. The molecule has 0 aliphatic heterocycles. The first-order valence-electron chi connectivity index (χ1n) is 17.8. The summed E-state index contributed by atoms with van der Waals surface area (Å²) in [5.41, 5.74) is 7.15. The Labute approximate surface area is 298 Å². The van der Waals surface area contributed by atoms with Crippen molar-refractivity contribution < 1.29 is 0 Å². The fraction of sp³-hybridized carbons (Fsp3) is 0. The minimum absolute atomic E-state index is 1.16. The Hall–Kier alpha value is -6.42. The van der Waals surface area contributed by atoms with Gasteiger partial charge in [-0.2, -0.15) is 0 Å². The van der Waals surface area contributed by atoms with Gasteiger partial charge in [-0.05, 0) is 0 Å². The summed E-state index contributed by atoms with van der Waals surface area (Å²) in [6, 6.07) is 76.6. The van der Waals surface area contributed by atoms with Gasteiger partial charge in [0.2, 0.25) is 0 Å². The first-order chi connectivity index (χ1) is 25.3. The van der Waals surface area contributed by atoms with Crippen LogP contribution < -0.4 is 20.7 Å². The molecule has 2 heterocycles. The molecule has 0 aliphatic carbocycles. The predicted octanol–water partition coefficient (Wildman–Crippen LogP) is 8.99. The molecular weight excluding hydrogens is 633 g/mol. The molecule has 0 N–H and O–H groups in total. The Morgan fingerprint density at radius 1 is 0.255 bits per heavy atom. The molecule has 0 radical (unpaired) electrons. The van der Waals surface area contributed by atoms with Crippen LogP contribution in [0.1, 0.15) is 0 Å². The fourth-order valence-electron chi connectivity index (χ4n) is 8.91. The van der Waals surface area contributed by atoms with Gasteiger partial charge < -0.3 is 0 Å². The summed E-state index contributed by atoms with van der Waals surface area (Å²) in [6.45, 7) is 0. The molecule has 0 atom stereocenters. The first kappa shape index (κ1) is 29.5. The molecule has 3 heteroatoms. The van der Waals surface area contributed by atoms with E-state index < -0.39 is 8.07 Å². The molecule has 0 saturated heterocycles. The third-order valence-electron chi connectivity index (χ3n) is 11.0. The number of para-hydroxylation sites is 4. The van der Waals surface area contributed by atoms with Crippen molar-refractivity contribution in [1.29, 1.82) is 0 Å². The van der Waals surface area contributed by atoms with E-state index in [0.717, 1.165) is 11.4 Å². The van der Waals surface area contributed by atoms with Gasteiger partial charge in [0.25, 0.3) is 0 Å². The van der Waals surface area contributed by atoms with E-state index in [4.69, 9.17) is 0 Å². The van der Waals surface area contributed by atoms with Gasteiger partial charge in [0, 0.05) is 0 Å². The van der Waals surface area contributed by atoms with Crippen LogP contribution >= 0.6 is 0 Å². The van der Waals surface area contributed by atoms with Gasteiger partial charge in [-0.15, -0.1) is 0 Å². The molecule has 0 aliphatic rings. The summed E-state index contributed by atoms with van der Waals surface area (Å²) in [6.07, 6.45) is 0. The predicted molar refractivity (Wildman–Crippen MR) is 220 cm³/mol. The summed E-state index contributed by atoms with van der Waals surface area (Å²) in [5.74, 6) is 0. The number of rotatable bonds is 6. The quantitative estimate of drug-likeness (QED) is 0.124. The van der Waals surface area contributed by atoms with E-state index in [1.54, 1.807) is 0 Å². The Balaban J connectivity index is 1.41. The van der Waals surface area contributed by atoms with Crippen LogP contribution in [0.3, 0.4) is 0 Å². The molecule has 0 fully saturated rings. The van der Waals surface area contributed by atoms with Gasteiger partial charge in [-0.1, -0.05) is 0 Å². The average molecular weight is 668 g/mol. The van der Waals surface area contributed by atoms with Gasteiger partial charge in [-0.3, -0.25) is 0 Å². The van der Waals surface area contributed by atoms with Crippen molar-refractivity contribution in [2.24, 2.45) is 0 Å². The Kier molecular flexibility index (Phi) is 6.86. The van der Waals surface area contributed by atoms with Crippen molar-refractivity contribution >= 4 is 72.4 Å². The maximum absolute atomic E-state index is 3.34. The SMILES string of the molecule is c1ccc([SiH-](c2ccccc2)(c2ccccc2)c2cc(-n3c4ccccc4c4ccccc43)cc(-n3c4ccccc4c4ccccc43)c2)cc1. The molecule has 242 valence electrons. The maximum atomic E-state index is 2.51. The molecule has 8 aromatic carbocycles. The van der Waals surface area contributed by atoms with Crippen LogP contribution in [0, 0.1) is 0 Å². The molecule has 0 spiro atoms. The van der Waals surface area contributed by atoms with Gasteiger partial charge in [0.1, 0.15) is 0 Å². The number of hydrogen-bond donors (Lipinski definition) is 0. The van der Waals surface area contributed by atoms with Crippen molar-refractivity contribution in [2.45, 2.75) is 0 Å². The van der Waals surface area contributed by atoms with Crippen molar-refractivity contribution in [3.63, 3.8) is 0 Å². The second kappa shape index (κ2) is 11.9. The Morgan fingerprint density at radius 2 is 0.529 bits per heavy atom. The van der Waals surface area contributed by atoms with E-state index in [0.29, 0.717) is 0 Å². The van der Waals surface area contributed by atoms with Crippen LogP contribution in [-0.2, 0) is 0 Å². The molecule has 2 nitrogen and oxygen atoms in total. The third kappa shape index (κ3) is 4.49. The molecule has 0 saturated carbocycles. The second-order valence-corrected chi connectivity index (χ2v) is 18.0. The summed E-state index contributed by atoms with van der Waals surface area (Å²) in [5, 5.41) is 10.6. The van der Waals surface area contributed by atoms with Crippen molar-refractivity contribution in [1.82, 2.24) is 9.13 Å². The second-order valence-electron chi connectivity index (χ2n) is 13.6. The van der Waals surface area contributed by atoms with Crippen molar-refractivity contribution in [2.75, 3.05) is 0 Å². The molecule has 0 bridgehead atoms. The van der Waals surface area contributed by atoms with E-state index in [1.807, 2.05) is 0 Å². The monoisotopic (exact) mass is 667 g/mol. The standard InChI is InChI=1S/C48H35N2Si/c1-4-18-37(19-5-1)51(38-20-6-2-7-21-38,39-22-8-3-9-23-39)40-33-35(49-45-28-14-10-24-41(45)42-25-11-15-29-46(42)49)32-36(34-40)50-47-30-16-12-26-43(47)44-27-13-17-31-48(44)50/h1-34,51H/q-1. The van der Waals surface area contributed by atoms with E-state index in [-0.39, 0.29) is 0 Å². The molecule has 10 aromatic rings. The van der Waals surface area contributed by atoms with E-state index in [9.17, 15) is 0 Å². The third-order valence-corrected chi connectivity index (χ3v) is 16.5. The topological polar surface area (TPSA) is 9.86 Å². The number of aromatic nitrogens is 2. The van der Waals surface area contributed by atoms with Crippen molar-refractivity contribution in [3.05, 3.63) is 206 Å². The summed E-state index contributed by atoms with van der Waals surface area (Å²) >= 11 is 0. The number of benzene rings is 8. The summed E-state index contributed by atoms with van der Waals surface area (Å²) in [7, 11) is -3.34. The molecule has 10 rings (SSSR count). The molecule has 2 aromatic heterocycles. The number of hydrogen-bond acceptors (Lipinski definition) is 0. The minimum atomic E-state index is -3.34. The van der Waals surface area contributed by atoms with Crippen molar-refractivity contribution in [3.8, 4) is 11.4 Å². The van der Waals surface area contributed by atoms with Crippen LogP contribution in [0.5, 0.6) is 0 Å². The molecule has 0 amide bonds. The Bertz CT molecular complexity index is 2520. The van der Waals surface area contributed by atoms with E-state index in [2.05, 4.69) is 215 Å². The van der Waals surface area contributed by atoms with E-state index >= 15 is 0 Å². The fourth-order valence-corrected chi connectivity index (χ4v) is 14.5. The van der Waals surface area contributed by atoms with Crippen LogP contribution in [0.2, 0.25) is 0 Å². The van der Waals surface area contributed by atoms with Gasteiger partial charge in [0.15, 0.2) is 0 Å². The zero-order valence-corrected chi connectivity index (χ0v) is 29.3. The van der Waals surface area contributed by atoms with Gasteiger partial charge >= 0.3 is 299 Å². The Morgan fingerprint density at radius 3 is 0.843 bits per heavy atom. The number of fused-ring (bicyclic) bond motifs is 6. The van der Waals surface area contributed by atoms with Crippen LogP contribution in [0.4, 0.5) is 0 Å². The normalized spacial score (nSPS) is 12.2.